The van der Waals surface area contributed by atoms with Crippen LogP contribution < -0.4 is 10.2 Å². The van der Waals surface area contributed by atoms with E-state index in [-0.39, 0.29) is 18.0 Å². The van der Waals surface area contributed by atoms with Gasteiger partial charge in [0.05, 0.1) is 24.8 Å². The number of rotatable bonds is 9. The van der Waals surface area contributed by atoms with E-state index in [0.717, 1.165) is 21.0 Å². The predicted octanol–water partition coefficient (Wildman–Crippen LogP) is 3.34. The molecule has 3 rings (SSSR count). The van der Waals surface area contributed by atoms with Gasteiger partial charge in [0.2, 0.25) is 10.0 Å². The Labute approximate surface area is 188 Å². The molecule has 0 aliphatic carbocycles. The Bertz CT molecular complexity index is 1180. The zero-order valence-corrected chi connectivity index (χ0v) is 18.7. The van der Waals surface area contributed by atoms with Crippen LogP contribution in [0, 0.1) is 6.92 Å². The third-order valence-corrected chi connectivity index (χ3v) is 6.48. The number of methoxy groups -OCH3 is 1. The normalized spacial score (nSPS) is 11.6. The van der Waals surface area contributed by atoms with Crippen LogP contribution in [0.2, 0.25) is 0 Å². The summed E-state index contributed by atoms with van der Waals surface area (Å²) in [5.74, 6) is 0.120. The van der Waals surface area contributed by atoms with Gasteiger partial charge < -0.3 is 4.74 Å². The van der Waals surface area contributed by atoms with Crippen molar-refractivity contribution in [2.45, 2.75) is 18.4 Å². The topological polar surface area (TPSA) is 88.1 Å². The molecule has 0 aromatic heterocycles. The summed E-state index contributed by atoms with van der Waals surface area (Å²) in [6, 6.07) is 22.8. The maximum absolute atomic E-state index is 13.2. The van der Waals surface area contributed by atoms with Crippen molar-refractivity contribution in [1.82, 2.24) is 9.73 Å². The largest absolute Gasteiger partial charge is 0.497 e. The Hall–Kier alpha value is -3.49. The maximum Gasteiger partial charge on any atom is 0.255 e. The number of amides is 1. The van der Waals surface area contributed by atoms with E-state index in [0.29, 0.717) is 5.75 Å². The molecule has 1 N–H and O–H groups in total. The van der Waals surface area contributed by atoms with E-state index in [4.69, 9.17) is 4.74 Å². The van der Waals surface area contributed by atoms with Crippen molar-refractivity contribution >= 4 is 22.1 Å². The minimum atomic E-state index is -3.89. The van der Waals surface area contributed by atoms with Crippen molar-refractivity contribution in [3.8, 4) is 5.75 Å². The standard InChI is InChI=1S/C24H25N3O4S/c1-19-11-13-23(14-12-19)32(29,30)27(17-20-7-4-3-5-8-20)18-24(28)26-25-16-21-9-6-10-22(15-21)31-2/h3-16H,17-18H2,1-2H3,(H,26,28)/b25-16-. The molecule has 32 heavy (non-hydrogen) atoms. The molecule has 0 atom stereocenters. The van der Waals surface area contributed by atoms with E-state index in [1.54, 1.807) is 49.6 Å². The first kappa shape index (κ1) is 23.2. The first-order chi connectivity index (χ1) is 15.4. The van der Waals surface area contributed by atoms with Gasteiger partial charge in [0.15, 0.2) is 0 Å². The van der Waals surface area contributed by atoms with E-state index in [1.165, 1.54) is 6.21 Å². The first-order valence-corrected chi connectivity index (χ1v) is 11.4. The summed E-state index contributed by atoms with van der Waals surface area (Å²) >= 11 is 0. The molecule has 0 unspecified atom stereocenters. The van der Waals surface area contributed by atoms with Crippen molar-refractivity contribution in [3.63, 3.8) is 0 Å². The number of sulfonamides is 1. The van der Waals surface area contributed by atoms with Gasteiger partial charge in [0.25, 0.3) is 5.91 Å². The molecule has 0 spiro atoms. The smallest absolute Gasteiger partial charge is 0.255 e. The number of ether oxygens (including phenoxy) is 1. The SMILES string of the molecule is COc1cccc(/C=N\NC(=O)CN(Cc2ccccc2)S(=O)(=O)c2ccc(C)cc2)c1. The molecule has 7 nitrogen and oxygen atoms in total. The molecule has 0 radical (unpaired) electrons. The highest BCUT2D eigenvalue weighted by Crippen LogP contribution is 2.19. The van der Waals surface area contributed by atoms with E-state index in [9.17, 15) is 13.2 Å². The van der Waals surface area contributed by atoms with Crippen molar-refractivity contribution in [3.05, 3.63) is 95.6 Å². The van der Waals surface area contributed by atoms with Gasteiger partial charge in [-0.25, -0.2) is 13.8 Å². The van der Waals surface area contributed by atoms with Crippen molar-refractivity contribution in [2.75, 3.05) is 13.7 Å². The molecule has 3 aromatic carbocycles. The lowest BCUT2D eigenvalue weighted by molar-refractivity contribution is -0.121. The van der Waals surface area contributed by atoms with Gasteiger partial charge in [0.1, 0.15) is 5.75 Å². The third-order valence-electron chi connectivity index (χ3n) is 4.68. The van der Waals surface area contributed by atoms with Gasteiger partial charge >= 0.3 is 0 Å². The molecule has 0 aliphatic rings. The fourth-order valence-corrected chi connectivity index (χ4v) is 4.35. The Kier molecular flexibility index (Phi) is 7.75. The van der Waals surface area contributed by atoms with Crippen LogP contribution in [0.1, 0.15) is 16.7 Å². The Morgan fingerprint density at radius 1 is 1.03 bits per heavy atom. The number of carbonyl (C=O) groups excluding carboxylic acids is 1. The lowest BCUT2D eigenvalue weighted by Gasteiger charge is -2.21. The highest BCUT2D eigenvalue weighted by atomic mass is 32.2. The van der Waals surface area contributed by atoms with E-state index in [1.807, 2.05) is 43.3 Å². The first-order valence-electron chi connectivity index (χ1n) is 9.95. The fraction of sp³-hybridized carbons (Fsp3) is 0.167. The van der Waals surface area contributed by atoms with Gasteiger partial charge in [-0.3, -0.25) is 4.79 Å². The summed E-state index contributed by atoms with van der Waals surface area (Å²) in [6.07, 6.45) is 1.47. The summed E-state index contributed by atoms with van der Waals surface area (Å²) in [5, 5.41) is 3.94. The van der Waals surface area contributed by atoms with Crippen LogP contribution in [-0.4, -0.2) is 38.5 Å². The second kappa shape index (κ2) is 10.7. The Balaban J connectivity index is 1.76. The zero-order chi connectivity index (χ0) is 23.0. The number of carbonyl (C=O) groups is 1. The van der Waals surface area contributed by atoms with Crippen LogP contribution in [0.3, 0.4) is 0 Å². The quantitative estimate of drug-likeness (QED) is 0.399. The number of hydrogen-bond donors (Lipinski definition) is 1. The van der Waals surface area contributed by atoms with E-state index < -0.39 is 15.9 Å². The second-order valence-corrected chi connectivity index (χ2v) is 9.08. The van der Waals surface area contributed by atoms with Crippen molar-refractivity contribution in [2.24, 2.45) is 5.10 Å². The molecule has 8 heteroatoms. The number of nitrogens with one attached hydrogen (secondary N) is 1. The summed E-state index contributed by atoms with van der Waals surface area (Å²) < 4.78 is 32.8. The summed E-state index contributed by atoms with van der Waals surface area (Å²) in [5.41, 5.74) is 4.86. The number of hydrogen-bond acceptors (Lipinski definition) is 5. The lowest BCUT2D eigenvalue weighted by Crippen LogP contribution is -2.39. The number of nitrogens with zero attached hydrogens (tertiary/aromatic N) is 2. The van der Waals surface area contributed by atoms with Crippen LogP contribution >= 0.6 is 0 Å². The fourth-order valence-electron chi connectivity index (χ4n) is 2.97. The Morgan fingerprint density at radius 3 is 2.44 bits per heavy atom. The summed E-state index contributed by atoms with van der Waals surface area (Å²) in [7, 11) is -2.33. The van der Waals surface area contributed by atoms with Gasteiger partial charge in [0, 0.05) is 6.54 Å². The van der Waals surface area contributed by atoms with Gasteiger partial charge in [-0.1, -0.05) is 60.2 Å². The number of benzene rings is 3. The number of aryl methyl sites for hydroxylation is 1. The monoisotopic (exact) mass is 451 g/mol. The lowest BCUT2D eigenvalue weighted by atomic mass is 10.2. The molecular weight excluding hydrogens is 426 g/mol. The molecule has 166 valence electrons. The molecule has 0 aliphatic heterocycles. The van der Waals surface area contributed by atoms with Crippen molar-refractivity contribution in [1.29, 1.82) is 0 Å². The molecular formula is C24H25N3O4S. The molecule has 0 fully saturated rings. The highest BCUT2D eigenvalue weighted by molar-refractivity contribution is 7.89. The van der Waals surface area contributed by atoms with E-state index >= 15 is 0 Å². The average molecular weight is 452 g/mol. The zero-order valence-electron chi connectivity index (χ0n) is 17.9. The van der Waals surface area contributed by atoms with Gasteiger partial charge in [-0.05, 0) is 42.3 Å². The predicted molar refractivity (Wildman–Crippen MR) is 124 cm³/mol. The third kappa shape index (κ3) is 6.26. The molecule has 0 bridgehead atoms. The van der Waals surface area contributed by atoms with E-state index in [2.05, 4.69) is 10.5 Å². The van der Waals surface area contributed by atoms with Crippen LogP contribution in [-0.2, 0) is 21.4 Å². The highest BCUT2D eigenvalue weighted by Gasteiger charge is 2.26. The van der Waals surface area contributed by atoms with Crippen LogP contribution in [0.25, 0.3) is 0 Å². The van der Waals surface area contributed by atoms with Crippen molar-refractivity contribution < 1.29 is 17.9 Å². The van der Waals surface area contributed by atoms with Crippen LogP contribution in [0.15, 0.2) is 88.9 Å². The maximum atomic E-state index is 13.2. The molecule has 3 aromatic rings. The minimum Gasteiger partial charge on any atom is -0.497 e. The molecule has 0 saturated carbocycles. The summed E-state index contributed by atoms with van der Waals surface area (Å²) in [4.78, 5) is 12.7. The van der Waals surface area contributed by atoms with Crippen LogP contribution in [0.5, 0.6) is 5.75 Å². The average Bonchev–Trinajstić information content (AvgIpc) is 2.80. The molecule has 0 saturated heterocycles. The van der Waals surface area contributed by atoms with Crippen LogP contribution in [0.4, 0.5) is 0 Å². The Morgan fingerprint density at radius 2 is 1.75 bits per heavy atom. The number of hydrazone groups is 1. The second-order valence-electron chi connectivity index (χ2n) is 7.14. The van der Waals surface area contributed by atoms with Gasteiger partial charge in [-0.2, -0.15) is 9.41 Å². The summed E-state index contributed by atoms with van der Waals surface area (Å²) in [6.45, 7) is 1.57. The molecule has 0 heterocycles. The molecule has 1 amide bonds. The van der Waals surface area contributed by atoms with Gasteiger partial charge in [-0.15, -0.1) is 0 Å². The minimum absolute atomic E-state index is 0.0596.